The summed E-state index contributed by atoms with van der Waals surface area (Å²) in [6.07, 6.45) is 0.568. The van der Waals surface area contributed by atoms with Crippen LogP contribution in [0.25, 0.3) is 16.7 Å². The Hall–Kier alpha value is -2.63. The van der Waals surface area contributed by atoms with Crippen LogP contribution in [0, 0.1) is 0 Å². The third-order valence-corrected chi connectivity index (χ3v) is 3.28. The van der Waals surface area contributed by atoms with Gasteiger partial charge in [0.2, 0.25) is 5.65 Å². The standard InChI is InChI=1S/C14H13N3O3/c1-3-9-11(14(19)20-2)16-12-13(18)15-8-6-4-5-7-10(8)17(9)12/h4-7H,3H2,1-2H3,(H,15,18). The van der Waals surface area contributed by atoms with Gasteiger partial charge in [0.05, 0.1) is 23.8 Å². The number of benzene rings is 1. The number of carbonyl (C=O) groups excluding carboxylic acids is 1. The molecule has 0 aliphatic carbocycles. The van der Waals surface area contributed by atoms with Gasteiger partial charge < -0.3 is 9.72 Å². The molecule has 0 radical (unpaired) electrons. The average molecular weight is 271 g/mol. The maximum Gasteiger partial charge on any atom is 0.358 e. The van der Waals surface area contributed by atoms with Crippen molar-refractivity contribution in [3.05, 3.63) is 46.0 Å². The second-order valence-electron chi connectivity index (χ2n) is 4.38. The van der Waals surface area contributed by atoms with Crippen molar-refractivity contribution in [3.63, 3.8) is 0 Å². The van der Waals surface area contributed by atoms with Crippen LogP contribution in [0.2, 0.25) is 0 Å². The van der Waals surface area contributed by atoms with Crippen LogP contribution in [0.3, 0.4) is 0 Å². The Morgan fingerprint density at radius 1 is 1.40 bits per heavy atom. The van der Waals surface area contributed by atoms with Crippen LogP contribution < -0.4 is 5.56 Å². The highest BCUT2D eigenvalue weighted by Gasteiger charge is 2.21. The lowest BCUT2D eigenvalue weighted by atomic mass is 10.2. The topological polar surface area (TPSA) is 76.5 Å². The van der Waals surface area contributed by atoms with Gasteiger partial charge in [-0.2, -0.15) is 0 Å². The number of rotatable bonds is 2. The van der Waals surface area contributed by atoms with Crippen molar-refractivity contribution in [2.24, 2.45) is 0 Å². The van der Waals surface area contributed by atoms with Crippen LogP contribution >= 0.6 is 0 Å². The third kappa shape index (κ3) is 1.61. The highest BCUT2D eigenvalue weighted by atomic mass is 16.5. The monoisotopic (exact) mass is 271 g/mol. The van der Waals surface area contributed by atoms with E-state index in [2.05, 4.69) is 9.97 Å². The number of nitrogens with zero attached hydrogens (tertiary/aromatic N) is 2. The van der Waals surface area contributed by atoms with Crippen molar-refractivity contribution in [3.8, 4) is 0 Å². The molecule has 6 heteroatoms. The molecule has 0 aliphatic rings. The number of hydrogen-bond donors (Lipinski definition) is 1. The van der Waals surface area contributed by atoms with E-state index in [-0.39, 0.29) is 16.9 Å². The Morgan fingerprint density at radius 3 is 2.85 bits per heavy atom. The summed E-state index contributed by atoms with van der Waals surface area (Å²) in [5, 5.41) is 0. The summed E-state index contributed by atoms with van der Waals surface area (Å²) < 4.78 is 6.46. The highest BCUT2D eigenvalue weighted by Crippen LogP contribution is 2.18. The molecule has 6 nitrogen and oxygen atoms in total. The first-order chi connectivity index (χ1) is 9.67. The van der Waals surface area contributed by atoms with E-state index in [0.717, 1.165) is 5.52 Å². The van der Waals surface area contributed by atoms with Gasteiger partial charge in [-0.3, -0.25) is 9.20 Å². The molecule has 0 saturated carbocycles. The lowest BCUT2D eigenvalue weighted by Crippen LogP contribution is -2.11. The number of ether oxygens (including phenoxy) is 1. The molecule has 20 heavy (non-hydrogen) atoms. The second-order valence-corrected chi connectivity index (χ2v) is 4.38. The number of imidazole rings is 1. The summed E-state index contributed by atoms with van der Waals surface area (Å²) in [5.41, 5.74) is 2.26. The molecule has 1 aromatic carbocycles. The molecule has 0 fully saturated rings. The Labute approximate surface area is 114 Å². The van der Waals surface area contributed by atoms with Gasteiger partial charge in [-0.25, -0.2) is 9.78 Å². The maximum atomic E-state index is 12.1. The molecule has 2 heterocycles. The van der Waals surface area contributed by atoms with E-state index >= 15 is 0 Å². The number of para-hydroxylation sites is 2. The normalized spacial score (nSPS) is 11.1. The fourth-order valence-electron chi connectivity index (χ4n) is 2.40. The van der Waals surface area contributed by atoms with Crippen LogP contribution in [0.5, 0.6) is 0 Å². The van der Waals surface area contributed by atoms with Crippen LogP contribution in [-0.2, 0) is 11.2 Å². The van der Waals surface area contributed by atoms with E-state index in [1.54, 1.807) is 4.40 Å². The molecule has 1 N–H and O–H groups in total. The third-order valence-electron chi connectivity index (χ3n) is 3.28. The summed E-state index contributed by atoms with van der Waals surface area (Å²) in [6, 6.07) is 7.40. The van der Waals surface area contributed by atoms with E-state index in [1.165, 1.54) is 7.11 Å². The van der Waals surface area contributed by atoms with Gasteiger partial charge in [-0.05, 0) is 18.6 Å². The first-order valence-corrected chi connectivity index (χ1v) is 6.28. The van der Waals surface area contributed by atoms with Crippen LogP contribution in [0.4, 0.5) is 0 Å². The number of carbonyl (C=O) groups is 1. The van der Waals surface area contributed by atoms with Gasteiger partial charge in [0.1, 0.15) is 0 Å². The largest absolute Gasteiger partial charge is 0.464 e. The number of esters is 1. The lowest BCUT2D eigenvalue weighted by molar-refractivity contribution is 0.0593. The molecular weight excluding hydrogens is 258 g/mol. The maximum absolute atomic E-state index is 12.1. The summed E-state index contributed by atoms with van der Waals surface area (Å²) >= 11 is 0. The Bertz CT molecular complexity index is 876. The fourth-order valence-corrected chi connectivity index (χ4v) is 2.40. The summed E-state index contributed by atoms with van der Waals surface area (Å²) in [5.74, 6) is -0.533. The van der Waals surface area contributed by atoms with Crippen molar-refractivity contribution in [2.75, 3.05) is 7.11 Å². The van der Waals surface area contributed by atoms with Crippen molar-refractivity contribution in [2.45, 2.75) is 13.3 Å². The molecule has 2 aromatic heterocycles. The molecule has 0 atom stereocenters. The summed E-state index contributed by atoms with van der Waals surface area (Å²) in [6.45, 7) is 1.91. The molecule has 3 aromatic rings. The summed E-state index contributed by atoms with van der Waals surface area (Å²) in [7, 11) is 1.30. The predicted octanol–water partition coefficient (Wildman–Crippen LogP) is 1.52. The van der Waals surface area contributed by atoms with Gasteiger partial charge in [0.25, 0.3) is 5.56 Å². The van der Waals surface area contributed by atoms with Crippen LogP contribution in [0.1, 0.15) is 23.1 Å². The quantitative estimate of drug-likeness (QED) is 0.717. The van der Waals surface area contributed by atoms with Crippen LogP contribution in [0.15, 0.2) is 29.1 Å². The van der Waals surface area contributed by atoms with Crippen molar-refractivity contribution < 1.29 is 9.53 Å². The Morgan fingerprint density at radius 2 is 2.15 bits per heavy atom. The number of aryl methyl sites for hydroxylation is 1. The number of methoxy groups -OCH3 is 1. The highest BCUT2D eigenvalue weighted by molar-refractivity contribution is 5.91. The number of hydrogen-bond acceptors (Lipinski definition) is 4. The summed E-state index contributed by atoms with van der Waals surface area (Å²) in [4.78, 5) is 30.8. The molecule has 0 unspecified atom stereocenters. The van der Waals surface area contributed by atoms with Crippen molar-refractivity contribution in [1.82, 2.24) is 14.4 Å². The minimum atomic E-state index is -0.533. The zero-order valence-electron chi connectivity index (χ0n) is 11.1. The SMILES string of the molecule is CCc1c(C(=O)OC)nc2c(=O)[nH]c3ccccc3n12. The molecule has 0 saturated heterocycles. The molecule has 102 valence electrons. The van der Waals surface area contributed by atoms with Gasteiger partial charge in [0.15, 0.2) is 5.69 Å². The van der Waals surface area contributed by atoms with E-state index < -0.39 is 5.97 Å². The zero-order chi connectivity index (χ0) is 14.3. The van der Waals surface area contributed by atoms with E-state index in [4.69, 9.17) is 4.74 Å². The molecule has 0 spiro atoms. The van der Waals surface area contributed by atoms with Gasteiger partial charge in [-0.15, -0.1) is 0 Å². The zero-order valence-corrected chi connectivity index (χ0v) is 11.1. The van der Waals surface area contributed by atoms with Crippen LogP contribution in [-0.4, -0.2) is 27.4 Å². The minimum Gasteiger partial charge on any atom is -0.464 e. The number of H-pyrrole nitrogens is 1. The van der Waals surface area contributed by atoms with E-state index in [9.17, 15) is 9.59 Å². The predicted molar refractivity (Wildman–Crippen MR) is 74.0 cm³/mol. The smallest absolute Gasteiger partial charge is 0.358 e. The van der Waals surface area contributed by atoms with Crippen molar-refractivity contribution in [1.29, 1.82) is 0 Å². The lowest BCUT2D eigenvalue weighted by Gasteiger charge is -2.05. The number of aromatic nitrogens is 3. The van der Waals surface area contributed by atoms with E-state index in [1.807, 2.05) is 31.2 Å². The minimum absolute atomic E-state index is 0.192. The van der Waals surface area contributed by atoms with Gasteiger partial charge in [-0.1, -0.05) is 19.1 Å². The molecule has 0 bridgehead atoms. The molecule has 3 rings (SSSR count). The number of aromatic amines is 1. The first kappa shape index (κ1) is 12.4. The Balaban J connectivity index is 2.54. The molecular formula is C14H13N3O3. The average Bonchev–Trinajstić information content (AvgIpc) is 2.87. The second kappa shape index (κ2) is 4.48. The first-order valence-electron chi connectivity index (χ1n) is 6.28. The van der Waals surface area contributed by atoms with Gasteiger partial charge >= 0.3 is 5.97 Å². The molecule has 0 aliphatic heterocycles. The Kier molecular flexibility index (Phi) is 2.78. The molecule has 0 amide bonds. The fraction of sp³-hybridized carbons (Fsp3) is 0.214. The number of fused-ring (bicyclic) bond motifs is 3. The number of nitrogens with one attached hydrogen (secondary N) is 1. The van der Waals surface area contributed by atoms with Crippen molar-refractivity contribution >= 4 is 22.6 Å². The van der Waals surface area contributed by atoms with E-state index in [0.29, 0.717) is 17.6 Å². The van der Waals surface area contributed by atoms with Gasteiger partial charge in [0, 0.05) is 0 Å².